The summed E-state index contributed by atoms with van der Waals surface area (Å²) >= 11 is 5.90. The molecule has 114 valence electrons. The fourth-order valence-electron chi connectivity index (χ4n) is 2.51. The van der Waals surface area contributed by atoms with Crippen molar-refractivity contribution in [2.75, 3.05) is 18.8 Å². The van der Waals surface area contributed by atoms with Crippen LogP contribution in [0.3, 0.4) is 0 Å². The van der Waals surface area contributed by atoms with Gasteiger partial charge in [-0.3, -0.25) is 14.9 Å². The number of carbonyl (C=O) groups excluding carboxylic acids is 1. The Morgan fingerprint density at radius 1 is 1.19 bits per heavy atom. The number of rotatable bonds is 2. The van der Waals surface area contributed by atoms with Crippen LogP contribution >= 0.6 is 11.6 Å². The van der Waals surface area contributed by atoms with E-state index in [2.05, 4.69) is 0 Å². The van der Waals surface area contributed by atoms with Gasteiger partial charge in [-0.15, -0.1) is 0 Å². The topological polar surface area (TPSA) is 89.5 Å². The molecule has 1 heterocycles. The minimum Gasteiger partial charge on any atom is -0.392 e. The highest BCUT2D eigenvalue weighted by Gasteiger charge is 2.22. The molecule has 0 spiro atoms. The third-order valence-corrected chi connectivity index (χ3v) is 4.01. The second-order valence-corrected chi connectivity index (χ2v) is 5.62. The highest BCUT2D eigenvalue weighted by Crippen LogP contribution is 2.31. The summed E-state index contributed by atoms with van der Waals surface area (Å²) in [7, 11) is 0. The van der Waals surface area contributed by atoms with Gasteiger partial charge in [0, 0.05) is 24.7 Å². The normalized spacial score (nSPS) is 16.1. The largest absolute Gasteiger partial charge is 0.392 e. The second kappa shape index (κ2) is 6.76. The number of amides is 1. The molecule has 0 atom stereocenters. The fourth-order valence-corrected chi connectivity index (χ4v) is 2.73. The Balaban J connectivity index is 2.27. The average Bonchev–Trinajstić information content (AvgIpc) is 2.40. The van der Waals surface area contributed by atoms with Crippen molar-refractivity contribution >= 4 is 28.9 Å². The molecule has 2 N–H and O–H groups in total. The first-order valence-corrected chi connectivity index (χ1v) is 7.41. The molecule has 1 aromatic carbocycles. The molecular formula is C14H18ClN3O3. The lowest BCUT2D eigenvalue weighted by Gasteiger charge is -2.25. The smallest absolute Gasteiger partial charge is 0.294 e. The number of anilines is 1. The van der Waals surface area contributed by atoms with Crippen molar-refractivity contribution in [1.29, 1.82) is 0 Å². The third kappa shape index (κ3) is 3.64. The fraction of sp³-hybridized carbons (Fsp3) is 0.500. The predicted octanol–water partition coefficient (Wildman–Crippen LogP) is 3.24. The highest BCUT2D eigenvalue weighted by molar-refractivity contribution is 6.34. The number of likely N-dealkylation sites (tertiary alicyclic amines) is 1. The van der Waals surface area contributed by atoms with Crippen LogP contribution in [-0.2, 0) is 0 Å². The van der Waals surface area contributed by atoms with Crippen LogP contribution < -0.4 is 5.73 Å². The minimum atomic E-state index is -0.620. The number of nitro benzene ring substituents is 1. The van der Waals surface area contributed by atoms with Gasteiger partial charge in [0.2, 0.25) is 0 Å². The van der Waals surface area contributed by atoms with Gasteiger partial charge in [0.05, 0.1) is 9.95 Å². The molecule has 7 heteroatoms. The molecule has 0 aliphatic carbocycles. The van der Waals surface area contributed by atoms with E-state index in [0.29, 0.717) is 13.1 Å². The molecular weight excluding hydrogens is 294 g/mol. The van der Waals surface area contributed by atoms with Crippen LogP contribution in [0.25, 0.3) is 0 Å². The van der Waals surface area contributed by atoms with Gasteiger partial charge >= 0.3 is 0 Å². The molecule has 6 nitrogen and oxygen atoms in total. The van der Waals surface area contributed by atoms with Crippen molar-refractivity contribution in [3.05, 3.63) is 32.8 Å². The van der Waals surface area contributed by atoms with Gasteiger partial charge in [0.15, 0.2) is 0 Å². The van der Waals surface area contributed by atoms with E-state index in [9.17, 15) is 14.9 Å². The van der Waals surface area contributed by atoms with Crippen molar-refractivity contribution in [1.82, 2.24) is 4.90 Å². The van der Waals surface area contributed by atoms with Crippen molar-refractivity contribution < 1.29 is 9.72 Å². The molecule has 1 aliphatic heterocycles. The summed E-state index contributed by atoms with van der Waals surface area (Å²) in [6.07, 6.45) is 5.31. The van der Waals surface area contributed by atoms with Crippen LogP contribution in [0.4, 0.5) is 11.4 Å². The van der Waals surface area contributed by atoms with E-state index in [1.54, 1.807) is 4.90 Å². The maximum Gasteiger partial charge on any atom is 0.294 e. The first-order valence-electron chi connectivity index (χ1n) is 7.03. The number of nitrogen functional groups attached to an aromatic ring is 1. The number of nitro groups is 1. The highest BCUT2D eigenvalue weighted by atomic mass is 35.5. The summed E-state index contributed by atoms with van der Waals surface area (Å²) in [6.45, 7) is 1.35. The van der Waals surface area contributed by atoms with Crippen molar-refractivity contribution in [2.24, 2.45) is 0 Å². The Hall–Kier alpha value is -1.82. The van der Waals surface area contributed by atoms with E-state index in [-0.39, 0.29) is 27.9 Å². The lowest BCUT2D eigenvalue weighted by Crippen LogP contribution is -2.33. The minimum absolute atomic E-state index is 0.0413. The van der Waals surface area contributed by atoms with Crippen molar-refractivity contribution in [2.45, 2.75) is 32.1 Å². The molecule has 2 rings (SSSR count). The Labute approximate surface area is 128 Å². The predicted molar refractivity (Wildman–Crippen MR) is 81.5 cm³/mol. The third-order valence-electron chi connectivity index (χ3n) is 3.69. The summed E-state index contributed by atoms with van der Waals surface area (Å²) < 4.78 is 0. The second-order valence-electron chi connectivity index (χ2n) is 5.21. The Kier molecular flexibility index (Phi) is 5.01. The number of hydrogen-bond acceptors (Lipinski definition) is 4. The lowest BCUT2D eigenvalue weighted by molar-refractivity contribution is -0.383. The van der Waals surface area contributed by atoms with Crippen LogP contribution in [0.5, 0.6) is 0 Å². The van der Waals surface area contributed by atoms with Crippen LogP contribution in [0.1, 0.15) is 42.5 Å². The van der Waals surface area contributed by atoms with Gasteiger partial charge in [0.1, 0.15) is 5.69 Å². The zero-order valence-corrected chi connectivity index (χ0v) is 12.4. The molecule has 0 unspecified atom stereocenters. The SMILES string of the molecule is Nc1c(Cl)cc(C(=O)N2CCCCCCC2)cc1[N+](=O)[O-]. The zero-order valence-electron chi connectivity index (χ0n) is 11.7. The number of carbonyl (C=O) groups is 1. The van der Waals surface area contributed by atoms with Crippen LogP contribution in [0.2, 0.25) is 5.02 Å². The van der Waals surface area contributed by atoms with Gasteiger partial charge in [-0.1, -0.05) is 30.9 Å². The number of halogens is 1. The molecule has 1 amide bonds. The van der Waals surface area contributed by atoms with Crippen LogP contribution in [0.15, 0.2) is 12.1 Å². The summed E-state index contributed by atoms with van der Waals surface area (Å²) in [4.78, 5) is 24.6. The standard InChI is InChI=1S/C14H18ClN3O3/c15-11-8-10(9-12(13(11)16)18(20)21)14(19)17-6-4-2-1-3-5-7-17/h8-9H,1-7,16H2. The molecule has 0 bridgehead atoms. The maximum absolute atomic E-state index is 12.5. The van der Waals surface area contributed by atoms with Crippen molar-refractivity contribution in [3.8, 4) is 0 Å². The van der Waals surface area contributed by atoms with E-state index in [1.165, 1.54) is 18.6 Å². The van der Waals surface area contributed by atoms with E-state index in [0.717, 1.165) is 25.7 Å². The van der Waals surface area contributed by atoms with Gasteiger partial charge in [-0.2, -0.15) is 0 Å². The van der Waals surface area contributed by atoms with E-state index in [1.807, 2.05) is 0 Å². The average molecular weight is 312 g/mol. The number of benzene rings is 1. The van der Waals surface area contributed by atoms with E-state index < -0.39 is 4.92 Å². The molecule has 21 heavy (non-hydrogen) atoms. The molecule has 0 aromatic heterocycles. The van der Waals surface area contributed by atoms with Gasteiger partial charge < -0.3 is 10.6 Å². The number of hydrogen-bond donors (Lipinski definition) is 1. The Morgan fingerprint density at radius 3 is 2.33 bits per heavy atom. The van der Waals surface area contributed by atoms with Crippen LogP contribution in [0, 0.1) is 10.1 Å². The summed E-state index contributed by atoms with van der Waals surface area (Å²) in [5.74, 6) is -0.220. The number of nitrogens with zero attached hydrogens (tertiary/aromatic N) is 2. The quantitative estimate of drug-likeness (QED) is 0.516. The lowest BCUT2D eigenvalue weighted by atomic mass is 10.1. The van der Waals surface area contributed by atoms with Gasteiger partial charge in [0.25, 0.3) is 11.6 Å². The number of nitrogens with two attached hydrogens (primary N) is 1. The first-order chi connectivity index (χ1) is 10.0. The molecule has 1 fully saturated rings. The molecule has 1 aliphatic rings. The van der Waals surface area contributed by atoms with Crippen molar-refractivity contribution in [3.63, 3.8) is 0 Å². The van der Waals surface area contributed by atoms with E-state index in [4.69, 9.17) is 17.3 Å². The first kappa shape index (κ1) is 15.6. The Morgan fingerprint density at radius 2 is 1.76 bits per heavy atom. The van der Waals surface area contributed by atoms with E-state index >= 15 is 0 Å². The molecule has 1 saturated heterocycles. The monoisotopic (exact) mass is 311 g/mol. The van der Waals surface area contributed by atoms with Crippen LogP contribution in [-0.4, -0.2) is 28.8 Å². The maximum atomic E-state index is 12.5. The summed E-state index contributed by atoms with van der Waals surface area (Å²) in [6, 6.07) is 2.62. The summed E-state index contributed by atoms with van der Waals surface area (Å²) in [5.41, 5.74) is 5.37. The van der Waals surface area contributed by atoms with Gasteiger partial charge in [-0.05, 0) is 18.9 Å². The summed E-state index contributed by atoms with van der Waals surface area (Å²) in [5, 5.41) is 11.0. The zero-order chi connectivity index (χ0) is 15.4. The molecule has 1 aromatic rings. The molecule has 0 radical (unpaired) electrons. The van der Waals surface area contributed by atoms with Gasteiger partial charge in [-0.25, -0.2) is 0 Å². The molecule has 0 saturated carbocycles. The Bertz CT molecular complexity index is 555.